The predicted molar refractivity (Wildman–Crippen MR) is 491 cm³/mol. The average molecular weight is 1990 g/mol. The van der Waals surface area contributed by atoms with Crippen molar-refractivity contribution >= 4 is 123 Å². The third-order valence-corrected chi connectivity index (χ3v) is 15.8. The molecule has 2 N–H and O–H groups in total. The summed E-state index contributed by atoms with van der Waals surface area (Å²) >= 11 is 0. The summed E-state index contributed by atoms with van der Waals surface area (Å²) in [6, 6.07) is 0. The Kier molecular flexibility index (Phi) is 84.7. The number of hydrogen-bond donors (Lipinski definition) is 2. The Labute approximate surface area is 796 Å². The molecule has 0 fully saturated rings. The van der Waals surface area contributed by atoms with Crippen LogP contribution in [0.2, 0.25) is 0 Å². The summed E-state index contributed by atoms with van der Waals surface area (Å²) in [6.45, 7) is 74.8. The summed E-state index contributed by atoms with van der Waals surface area (Å²) in [5.74, 6) is -10.2. The molecular formula is C91H128O44P2. The third kappa shape index (κ3) is 87.1. The molecule has 44 nitrogen and oxygen atoms in total. The summed E-state index contributed by atoms with van der Waals surface area (Å²) in [5.41, 5.74) is 0.723. The fourth-order valence-corrected chi connectivity index (χ4v) is 7.54. The molecule has 766 valence electrons. The highest BCUT2D eigenvalue weighted by Crippen LogP contribution is 2.43. The zero-order valence-electron chi connectivity index (χ0n) is 79.3. The average Bonchev–Trinajstić information content (AvgIpc) is 0.844. The Hall–Kier alpha value is -14.0. The minimum absolute atomic E-state index is 0.0322. The minimum atomic E-state index is -4.29. The van der Waals surface area contributed by atoms with Gasteiger partial charge in [-0.25, -0.2) is 95.4 Å². The van der Waals surface area contributed by atoms with Crippen LogP contribution in [0.5, 0.6) is 0 Å². The molecule has 0 spiro atoms. The Balaban J connectivity index is -0.000000234. The summed E-state index contributed by atoms with van der Waals surface area (Å²) < 4.78 is 126. The van der Waals surface area contributed by atoms with Gasteiger partial charge in [0.25, 0.3) is 0 Å². The predicted octanol–water partition coefficient (Wildman–Crippen LogP) is 9.59. The molecule has 0 radical (unpaired) electrons. The number of carbonyl (C=O) groups is 18. The van der Waals surface area contributed by atoms with Gasteiger partial charge in [-0.15, -0.1) is 0 Å². The van der Waals surface area contributed by atoms with Crippen LogP contribution in [0.15, 0.2) is 223 Å². The summed E-state index contributed by atoms with van der Waals surface area (Å²) in [6.07, 6.45) is 10.0. The lowest BCUT2D eigenvalue weighted by Crippen LogP contribution is -2.39. The van der Waals surface area contributed by atoms with Crippen LogP contribution in [0.3, 0.4) is 0 Å². The second kappa shape index (κ2) is 83.8. The lowest BCUT2D eigenvalue weighted by Gasteiger charge is -2.31. The number of carbonyl (C=O) groups excluding carboxylic acids is 18. The quantitative estimate of drug-likeness (QED) is 0.0188. The van der Waals surface area contributed by atoms with E-state index in [2.05, 4.69) is 193 Å². The molecule has 0 atom stereocenters. The first-order chi connectivity index (χ1) is 63.8. The number of ether oxygens (including phenoxy) is 18. The van der Waals surface area contributed by atoms with Crippen molar-refractivity contribution in [2.24, 2.45) is 10.8 Å². The maximum Gasteiger partial charge on any atom is 0.472 e. The van der Waals surface area contributed by atoms with Crippen LogP contribution in [0.25, 0.3) is 0 Å². The fourth-order valence-electron chi connectivity index (χ4n) is 6.17. The van der Waals surface area contributed by atoms with Gasteiger partial charge in [0.1, 0.15) is 119 Å². The van der Waals surface area contributed by atoms with Gasteiger partial charge in [0.05, 0.1) is 37.3 Å². The number of hydrogen-bond acceptors (Lipinski definition) is 42. The van der Waals surface area contributed by atoms with E-state index in [0.29, 0.717) is 35.1 Å². The van der Waals surface area contributed by atoms with E-state index in [1.165, 1.54) is 34.6 Å². The Morgan fingerprint density at radius 1 is 0.204 bits per heavy atom. The zero-order valence-corrected chi connectivity index (χ0v) is 81.1. The van der Waals surface area contributed by atoms with E-state index in [-0.39, 0.29) is 173 Å². The van der Waals surface area contributed by atoms with Gasteiger partial charge < -0.3 is 95.1 Å². The molecule has 0 heterocycles. The monoisotopic (exact) mass is 1990 g/mol. The number of phosphoric ester groups is 2. The highest BCUT2D eigenvalue weighted by molar-refractivity contribution is 7.47. The summed E-state index contributed by atoms with van der Waals surface area (Å²) in [4.78, 5) is 215. The van der Waals surface area contributed by atoms with Crippen molar-refractivity contribution in [2.45, 2.75) is 89.0 Å². The molecule has 0 aromatic rings. The van der Waals surface area contributed by atoms with Crippen LogP contribution < -0.4 is 0 Å². The van der Waals surface area contributed by atoms with Crippen molar-refractivity contribution in [3.8, 4) is 0 Å². The maximum atomic E-state index is 11.6. The molecule has 0 saturated heterocycles. The van der Waals surface area contributed by atoms with Gasteiger partial charge in [-0.05, 0) is 75.2 Å². The molecular weight excluding hydrogens is 1860 g/mol. The van der Waals surface area contributed by atoms with Crippen LogP contribution in [0, 0.1) is 10.8 Å². The highest BCUT2D eigenvalue weighted by atomic mass is 31.2. The minimum Gasteiger partial charge on any atom is -0.462 e. The van der Waals surface area contributed by atoms with Gasteiger partial charge in [0, 0.05) is 105 Å². The molecule has 0 aromatic heterocycles. The Bertz CT molecular complexity index is 3900. The van der Waals surface area contributed by atoms with Crippen molar-refractivity contribution in [2.75, 3.05) is 145 Å². The van der Waals surface area contributed by atoms with Crippen molar-refractivity contribution in [3.05, 3.63) is 223 Å². The standard InChI is InChI=1S/C18H26O6.C15H20O6.C12H19O8P.C10H15O8P.2C10H14O4.2C8H10O4/c1-8-18(9-22-15(19)12(2)3,10-23-16(20)13(4)5)11-24-17(21)14(6)7;1-5-12(16)19-9-15(8-4,10-20-13(17)6-2)11-21-14(18)7-3;1-9(2)11(13)17-5-7-19-21(15,16)20-8-6-18-12(14)10(3)4;1-3-9(11)15-5-7-17-19(13,14)18-8-6-16-10(12)4-2;2*1-7(2)9(11)13-5-6-14-10(12)8(3)4;2*1-3-7(9)11-5-6-12-8(10)4-2/h2,4,6,8-11H2,1,3,5,7H3;5-7H,1-3,8-11H2,4H3;1,3,5-8H2,2,4H3,(H,15,16);3-4H,1-2,5-8H2,(H,13,14);2*1,3,5-6H2,2,4H3;2*3-4H,1-2,5-6H2. The van der Waals surface area contributed by atoms with Gasteiger partial charge in [-0.1, -0.05) is 132 Å². The number of rotatable bonds is 60. The van der Waals surface area contributed by atoms with Crippen LogP contribution >= 0.6 is 15.6 Å². The number of esters is 18. The highest BCUT2D eigenvalue weighted by Gasteiger charge is 2.36. The molecule has 0 saturated carbocycles. The molecule has 0 unspecified atom stereocenters. The van der Waals surface area contributed by atoms with Crippen LogP contribution in [0.4, 0.5) is 0 Å². The molecule has 0 aromatic carbocycles. The van der Waals surface area contributed by atoms with Crippen LogP contribution in [-0.4, -0.2) is 263 Å². The Morgan fingerprint density at radius 3 is 0.445 bits per heavy atom. The van der Waals surface area contributed by atoms with Crippen molar-refractivity contribution in [3.63, 3.8) is 0 Å². The van der Waals surface area contributed by atoms with Gasteiger partial charge >= 0.3 is 123 Å². The topological polar surface area (TPSA) is 585 Å². The van der Waals surface area contributed by atoms with Crippen molar-refractivity contribution in [1.82, 2.24) is 0 Å². The first-order valence-corrected chi connectivity index (χ1v) is 42.6. The van der Waals surface area contributed by atoms with Gasteiger partial charge in [-0.2, -0.15) is 0 Å². The second-order valence-corrected chi connectivity index (χ2v) is 29.1. The third-order valence-electron chi connectivity index (χ3n) is 13.8. The second-order valence-electron chi connectivity index (χ2n) is 26.2. The van der Waals surface area contributed by atoms with Crippen LogP contribution in [-0.2, 0) is 199 Å². The molecule has 46 heteroatoms. The maximum absolute atomic E-state index is 11.6. The molecule has 0 aliphatic rings. The van der Waals surface area contributed by atoms with Crippen LogP contribution in [0.1, 0.15) is 89.0 Å². The molecule has 0 amide bonds. The van der Waals surface area contributed by atoms with Gasteiger partial charge in [0.15, 0.2) is 0 Å². The summed E-state index contributed by atoms with van der Waals surface area (Å²) in [5, 5.41) is 0. The lowest BCUT2D eigenvalue weighted by molar-refractivity contribution is -0.159. The van der Waals surface area contributed by atoms with Gasteiger partial charge in [-0.3, -0.25) is 18.1 Å². The largest absolute Gasteiger partial charge is 0.472 e. The SMILES string of the molecule is C=C(C)C(=O)OCC(CC)(COC(=O)C(=C)C)COC(=O)C(=C)C.C=C(C)C(=O)OCCOC(=O)C(=C)C.C=C(C)C(=O)OCCOC(=O)C(=C)C.C=C(C)C(=O)OCCOP(=O)(O)OCCOC(=O)C(=C)C.C=CC(=O)OCC(CC)(COC(=O)C=C)COC(=O)C=C.C=CC(=O)OCCOC(=O)C=C.C=CC(=O)OCCOC(=O)C=C.C=CC(=O)OCCOP(=O)(O)OCCOC(=O)C=C. The number of phosphoric acid groups is 2. The Morgan fingerprint density at radius 2 is 0.314 bits per heavy atom. The van der Waals surface area contributed by atoms with Gasteiger partial charge in [0.2, 0.25) is 0 Å². The summed E-state index contributed by atoms with van der Waals surface area (Å²) in [7, 11) is -8.55. The first kappa shape index (κ1) is 138. The van der Waals surface area contributed by atoms with E-state index in [1.807, 2.05) is 6.92 Å². The molecule has 137 heavy (non-hydrogen) atoms. The van der Waals surface area contributed by atoms with E-state index in [1.54, 1.807) is 34.6 Å². The molecule has 0 rings (SSSR count). The zero-order chi connectivity index (χ0) is 107. The molecule has 0 aliphatic heterocycles. The first-order valence-electron chi connectivity index (χ1n) is 39.6. The van der Waals surface area contributed by atoms with Crippen molar-refractivity contribution < 1.29 is 209 Å². The van der Waals surface area contributed by atoms with Crippen molar-refractivity contribution in [1.29, 1.82) is 0 Å². The van der Waals surface area contributed by atoms with E-state index < -0.39 is 134 Å². The molecule has 0 bridgehead atoms. The van der Waals surface area contributed by atoms with E-state index >= 15 is 0 Å². The molecule has 0 aliphatic carbocycles. The smallest absolute Gasteiger partial charge is 0.462 e. The fraction of sp³-hybridized carbons (Fsp3) is 0.407. The van der Waals surface area contributed by atoms with E-state index in [4.69, 9.17) is 33.3 Å². The lowest BCUT2D eigenvalue weighted by atomic mass is 9.88. The normalized spacial score (nSPS) is 9.82. The van der Waals surface area contributed by atoms with E-state index in [9.17, 15) is 100 Å². The van der Waals surface area contributed by atoms with E-state index in [0.717, 1.165) is 54.7 Å².